The van der Waals surface area contributed by atoms with Gasteiger partial charge < -0.3 is 14.7 Å². The molecule has 0 spiro atoms. The Kier molecular flexibility index (Phi) is 6.75. The number of carbonyl (C=O) groups excluding carboxylic acids is 2. The Morgan fingerprint density at radius 3 is 2.56 bits per heavy atom. The predicted octanol–water partition coefficient (Wildman–Crippen LogP) is 3.08. The van der Waals surface area contributed by atoms with E-state index < -0.39 is 0 Å². The molecule has 5 nitrogen and oxygen atoms in total. The maximum Gasteiger partial charge on any atom is 0.223 e. The molecule has 2 fully saturated rings. The first-order chi connectivity index (χ1) is 13.0. The third-order valence-electron chi connectivity index (χ3n) is 5.93. The van der Waals surface area contributed by atoms with Crippen molar-refractivity contribution in [3.63, 3.8) is 0 Å². The summed E-state index contributed by atoms with van der Waals surface area (Å²) in [5, 5.41) is 0. The van der Waals surface area contributed by atoms with E-state index in [1.807, 2.05) is 19.0 Å². The van der Waals surface area contributed by atoms with E-state index in [0.717, 1.165) is 51.7 Å². The lowest BCUT2D eigenvalue weighted by Gasteiger charge is -2.37. The monoisotopic (exact) mass is 371 g/mol. The van der Waals surface area contributed by atoms with Gasteiger partial charge in [-0.3, -0.25) is 9.59 Å². The minimum Gasteiger partial charge on any atom is -0.378 e. The van der Waals surface area contributed by atoms with Gasteiger partial charge in [0.05, 0.1) is 0 Å². The molecule has 2 aliphatic rings. The Hall–Kier alpha value is -2.04. The molecule has 3 rings (SSSR count). The van der Waals surface area contributed by atoms with E-state index in [0.29, 0.717) is 18.9 Å². The average molecular weight is 372 g/mol. The summed E-state index contributed by atoms with van der Waals surface area (Å²) in [5.41, 5.74) is 2.39. The predicted molar refractivity (Wildman–Crippen MR) is 109 cm³/mol. The molecule has 2 saturated heterocycles. The summed E-state index contributed by atoms with van der Waals surface area (Å²) in [6.45, 7) is 2.57. The second-order valence-corrected chi connectivity index (χ2v) is 8.07. The Morgan fingerprint density at radius 1 is 1.11 bits per heavy atom. The van der Waals surface area contributed by atoms with E-state index in [1.54, 1.807) is 0 Å². The quantitative estimate of drug-likeness (QED) is 0.740. The summed E-state index contributed by atoms with van der Waals surface area (Å²) in [6, 6.07) is 8.76. The van der Waals surface area contributed by atoms with E-state index in [-0.39, 0.29) is 11.8 Å². The number of aryl methyl sites for hydroxylation is 1. The fourth-order valence-electron chi connectivity index (χ4n) is 4.23. The molecule has 2 amide bonds. The van der Waals surface area contributed by atoms with Crippen molar-refractivity contribution in [1.29, 1.82) is 0 Å². The van der Waals surface area contributed by atoms with Crippen LogP contribution in [-0.4, -0.2) is 61.4 Å². The molecular formula is C22H33N3O2. The number of carbonyl (C=O) groups is 2. The number of hydrogen-bond acceptors (Lipinski definition) is 3. The Balaban J connectivity index is 1.50. The van der Waals surface area contributed by atoms with E-state index in [9.17, 15) is 9.59 Å². The van der Waals surface area contributed by atoms with Crippen molar-refractivity contribution < 1.29 is 9.59 Å². The molecule has 0 saturated carbocycles. The van der Waals surface area contributed by atoms with Crippen molar-refractivity contribution in [2.75, 3.05) is 38.6 Å². The van der Waals surface area contributed by atoms with Gasteiger partial charge in [0.15, 0.2) is 0 Å². The average Bonchev–Trinajstić information content (AvgIpc) is 3.10. The molecule has 2 heterocycles. The number of rotatable bonds is 7. The lowest BCUT2D eigenvalue weighted by atomic mass is 9.98. The molecular weight excluding hydrogens is 338 g/mol. The summed E-state index contributed by atoms with van der Waals surface area (Å²) in [6.07, 6.45) is 7.33. The summed E-state index contributed by atoms with van der Waals surface area (Å²) >= 11 is 0. The van der Waals surface area contributed by atoms with Crippen LogP contribution >= 0.6 is 0 Å². The van der Waals surface area contributed by atoms with Gasteiger partial charge >= 0.3 is 0 Å². The molecule has 0 bridgehead atoms. The largest absolute Gasteiger partial charge is 0.378 e. The molecule has 2 aliphatic heterocycles. The highest BCUT2D eigenvalue weighted by molar-refractivity contribution is 5.78. The highest BCUT2D eigenvalue weighted by Crippen LogP contribution is 2.23. The van der Waals surface area contributed by atoms with Gasteiger partial charge in [-0.2, -0.15) is 0 Å². The summed E-state index contributed by atoms with van der Waals surface area (Å²) < 4.78 is 0. The molecule has 1 unspecified atom stereocenters. The third-order valence-corrected chi connectivity index (χ3v) is 5.93. The van der Waals surface area contributed by atoms with Gasteiger partial charge in [-0.15, -0.1) is 0 Å². The summed E-state index contributed by atoms with van der Waals surface area (Å²) in [5.74, 6) is 0.550. The SMILES string of the molecule is CN(C)c1ccc(CCC(=O)N2CCCCC2CCN2CCCC2=O)cc1. The summed E-state index contributed by atoms with van der Waals surface area (Å²) in [7, 11) is 4.06. The molecule has 1 atom stereocenters. The maximum absolute atomic E-state index is 12.9. The number of benzene rings is 1. The van der Waals surface area contributed by atoms with E-state index in [2.05, 4.69) is 34.1 Å². The molecule has 5 heteroatoms. The normalized spacial score (nSPS) is 20.2. The zero-order valence-corrected chi connectivity index (χ0v) is 16.8. The topological polar surface area (TPSA) is 43.9 Å². The van der Waals surface area contributed by atoms with Crippen molar-refractivity contribution in [2.24, 2.45) is 0 Å². The Labute approximate surface area is 163 Å². The molecule has 1 aromatic rings. The zero-order chi connectivity index (χ0) is 19.2. The van der Waals surface area contributed by atoms with Crippen LogP contribution in [0.5, 0.6) is 0 Å². The van der Waals surface area contributed by atoms with Crippen LogP contribution in [0.3, 0.4) is 0 Å². The van der Waals surface area contributed by atoms with Gasteiger partial charge in [-0.1, -0.05) is 12.1 Å². The minimum atomic E-state index is 0.268. The van der Waals surface area contributed by atoms with E-state index in [1.165, 1.54) is 17.7 Å². The van der Waals surface area contributed by atoms with E-state index >= 15 is 0 Å². The first-order valence-corrected chi connectivity index (χ1v) is 10.4. The zero-order valence-electron chi connectivity index (χ0n) is 16.8. The lowest BCUT2D eigenvalue weighted by Crippen LogP contribution is -2.45. The number of likely N-dealkylation sites (tertiary alicyclic amines) is 2. The standard InChI is InChI=1S/C22H33N3O2/c1-23(2)19-11-8-18(9-12-19)10-13-22(27)25-16-4-3-6-20(25)14-17-24-15-5-7-21(24)26/h8-9,11-12,20H,3-7,10,13-17H2,1-2H3. The molecule has 0 aromatic heterocycles. The molecule has 27 heavy (non-hydrogen) atoms. The van der Waals surface area contributed by atoms with Crippen LogP contribution in [0.15, 0.2) is 24.3 Å². The molecule has 148 valence electrons. The second-order valence-electron chi connectivity index (χ2n) is 8.07. The van der Waals surface area contributed by atoms with Crippen molar-refractivity contribution in [3.8, 4) is 0 Å². The number of anilines is 1. The van der Waals surface area contributed by atoms with Gasteiger partial charge in [0.1, 0.15) is 0 Å². The number of nitrogens with zero attached hydrogens (tertiary/aromatic N) is 3. The number of hydrogen-bond donors (Lipinski definition) is 0. The van der Waals surface area contributed by atoms with Crippen molar-refractivity contribution in [3.05, 3.63) is 29.8 Å². The van der Waals surface area contributed by atoms with Crippen LogP contribution in [-0.2, 0) is 16.0 Å². The Morgan fingerprint density at radius 2 is 1.89 bits per heavy atom. The highest BCUT2D eigenvalue weighted by atomic mass is 16.2. The first kappa shape index (κ1) is 19.7. The summed E-state index contributed by atoms with van der Waals surface area (Å²) in [4.78, 5) is 30.8. The van der Waals surface area contributed by atoms with Gasteiger partial charge in [-0.25, -0.2) is 0 Å². The second kappa shape index (κ2) is 9.25. The van der Waals surface area contributed by atoms with Crippen LogP contribution in [0.4, 0.5) is 5.69 Å². The molecule has 0 radical (unpaired) electrons. The number of amides is 2. The van der Waals surface area contributed by atoms with Crippen LogP contribution in [0.1, 0.15) is 50.5 Å². The fourth-order valence-corrected chi connectivity index (χ4v) is 4.23. The molecule has 0 N–H and O–H groups in total. The lowest BCUT2D eigenvalue weighted by molar-refractivity contribution is -0.135. The number of piperidine rings is 1. The van der Waals surface area contributed by atoms with Crippen molar-refractivity contribution in [2.45, 2.75) is 57.4 Å². The maximum atomic E-state index is 12.9. The first-order valence-electron chi connectivity index (χ1n) is 10.4. The molecule has 1 aromatic carbocycles. The van der Waals surface area contributed by atoms with Crippen LogP contribution < -0.4 is 4.90 Å². The highest BCUT2D eigenvalue weighted by Gasteiger charge is 2.28. The van der Waals surface area contributed by atoms with Crippen molar-refractivity contribution >= 4 is 17.5 Å². The fraction of sp³-hybridized carbons (Fsp3) is 0.636. The molecule has 0 aliphatic carbocycles. The van der Waals surface area contributed by atoms with Gasteiger partial charge in [0.25, 0.3) is 0 Å². The third kappa shape index (κ3) is 5.24. The van der Waals surface area contributed by atoms with Gasteiger partial charge in [-0.05, 0) is 56.2 Å². The smallest absolute Gasteiger partial charge is 0.223 e. The van der Waals surface area contributed by atoms with Gasteiger partial charge in [0, 0.05) is 58.3 Å². The van der Waals surface area contributed by atoms with Crippen molar-refractivity contribution in [1.82, 2.24) is 9.80 Å². The van der Waals surface area contributed by atoms with Crippen LogP contribution in [0, 0.1) is 0 Å². The van der Waals surface area contributed by atoms with Gasteiger partial charge in [0.2, 0.25) is 11.8 Å². The Bertz CT molecular complexity index is 641. The minimum absolute atomic E-state index is 0.268. The van der Waals surface area contributed by atoms with Crippen LogP contribution in [0.2, 0.25) is 0 Å². The van der Waals surface area contributed by atoms with Crippen LogP contribution in [0.25, 0.3) is 0 Å². The van der Waals surface area contributed by atoms with E-state index in [4.69, 9.17) is 0 Å².